The fourth-order valence-corrected chi connectivity index (χ4v) is 4.21. The normalized spacial score (nSPS) is 14.2. The summed E-state index contributed by atoms with van der Waals surface area (Å²) in [6.45, 7) is -1.13. The number of H-pyrrole nitrogens is 1. The minimum Gasteiger partial charge on any atom is -0.329 e. The molecule has 14 heteroatoms. The van der Waals surface area contributed by atoms with Gasteiger partial charge in [0, 0.05) is 24.9 Å². The first-order valence-corrected chi connectivity index (χ1v) is 10.9. The summed E-state index contributed by atoms with van der Waals surface area (Å²) in [6, 6.07) is 10.6. The molecule has 8 nitrogen and oxygen atoms in total. The number of nitrogens with zero attached hydrogens (tertiary/aromatic N) is 5. The summed E-state index contributed by atoms with van der Waals surface area (Å²) in [7, 11) is 0. The van der Waals surface area contributed by atoms with Crippen molar-refractivity contribution >= 4 is 16.7 Å². The number of aromatic nitrogens is 5. The van der Waals surface area contributed by atoms with Gasteiger partial charge in [-0.15, -0.1) is 10.2 Å². The number of hydrogen-bond acceptors (Lipinski definition) is 5. The first-order valence-electron chi connectivity index (χ1n) is 10.9. The SMILES string of the molecule is O=C(c1cc(Cc2n[nH]c(=O)c3ccccc23)ccc1F)N1CCn2c(nnc2C(F)(F)C(F)(F)F)C1. The van der Waals surface area contributed by atoms with Gasteiger partial charge in [-0.1, -0.05) is 24.3 Å². The van der Waals surface area contributed by atoms with E-state index in [1.54, 1.807) is 24.3 Å². The van der Waals surface area contributed by atoms with Crippen LogP contribution in [0.15, 0.2) is 47.3 Å². The largest absolute Gasteiger partial charge is 0.461 e. The van der Waals surface area contributed by atoms with Crippen LogP contribution in [0.25, 0.3) is 10.8 Å². The van der Waals surface area contributed by atoms with Gasteiger partial charge in [-0.05, 0) is 23.8 Å². The lowest BCUT2D eigenvalue weighted by Gasteiger charge is -2.29. The van der Waals surface area contributed by atoms with Crippen LogP contribution in [-0.2, 0) is 25.4 Å². The second-order valence-corrected chi connectivity index (χ2v) is 8.43. The van der Waals surface area contributed by atoms with Gasteiger partial charge < -0.3 is 9.47 Å². The average molecular weight is 522 g/mol. The molecule has 0 unspecified atom stereocenters. The van der Waals surface area contributed by atoms with Crippen LogP contribution in [-0.4, -0.2) is 48.5 Å². The van der Waals surface area contributed by atoms with E-state index in [0.29, 0.717) is 26.6 Å². The molecular weight excluding hydrogens is 506 g/mol. The first-order chi connectivity index (χ1) is 17.5. The minimum atomic E-state index is -5.86. The van der Waals surface area contributed by atoms with E-state index in [-0.39, 0.29) is 29.9 Å². The van der Waals surface area contributed by atoms with Crippen molar-refractivity contribution in [2.45, 2.75) is 31.6 Å². The molecule has 0 spiro atoms. The molecule has 4 aromatic rings. The van der Waals surface area contributed by atoms with Crippen LogP contribution < -0.4 is 5.56 Å². The van der Waals surface area contributed by atoms with E-state index in [9.17, 15) is 35.9 Å². The molecule has 3 heterocycles. The Labute approximate surface area is 203 Å². The lowest BCUT2D eigenvalue weighted by Crippen LogP contribution is -2.42. The van der Waals surface area contributed by atoms with Crippen LogP contribution in [0.5, 0.6) is 0 Å². The number of amides is 1. The number of rotatable bonds is 4. The van der Waals surface area contributed by atoms with Gasteiger partial charge in [0.15, 0.2) is 5.82 Å². The van der Waals surface area contributed by atoms with E-state index in [4.69, 9.17) is 0 Å². The van der Waals surface area contributed by atoms with Crippen LogP contribution >= 0.6 is 0 Å². The summed E-state index contributed by atoms with van der Waals surface area (Å²) in [5.74, 6) is -8.69. The lowest BCUT2D eigenvalue weighted by atomic mass is 10.0. The lowest BCUT2D eigenvalue weighted by molar-refractivity contribution is -0.293. The van der Waals surface area contributed by atoms with Crippen LogP contribution in [0, 0.1) is 5.82 Å². The smallest absolute Gasteiger partial charge is 0.329 e. The summed E-state index contributed by atoms with van der Waals surface area (Å²) < 4.78 is 81.2. The predicted molar refractivity (Wildman–Crippen MR) is 116 cm³/mol. The Morgan fingerprint density at radius 3 is 2.46 bits per heavy atom. The molecule has 192 valence electrons. The predicted octanol–water partition coefficient (Wildman–Crippen LogP) is 3.55. The zero-order chi connectivity index (χ0) is 26.5. The number of benzene rings is 2. The molecule has 2 aromatic heterocycles. The molecule has 0 bridgehead atoms. The molecule has 5 rings (SSSR count). The molecule has 2 aromatic carbocycles. The van der Waals surface area contributed by atoms with E-state index in [1.165, 1.54) is 12.1 Å². The van der Waals surface area contributed by atoms with Crippen molar-refractivity contribution in [3.05, 3.63) is 87.1 Å². The summed E-state index contributed by atoms with van der Waals surface area (Å²) in [6.07, 6.45) is -5.71. The van der Waals surface area contributed by atoms with Gasteiger partial charge in [0.25, 0.3) is 11.5 Å². The summed E-state index contributed by atoms with van der Waals surface area (Å²) in [5, 5.41) is 13.9. The first kappa shape index (κ1) is 24.5. The van der Waals surface area contributed by atoms with Gasteiger partial charge in [-0.2, -0.15) is 27.1 Å². The summed E-state index contributed by atoms with van der Waals surface area (Å²) in [5.41, 5.74) is 0.301. The number of hydrogen-bond donors (Lipinski definition) is 1. The van der Waals surface area contributed by atoms with Crippen molar-refractivity contribution < 1.29 is 31.1 Å². The number of carbonyl (C=O) groups excluding carboxylic acids is 1. The highest BCUT2D eigenvalue weighted by molar-refractivity contribution is 5.94. The van der Waals surface area contributed by atoms with Crippen molar-refractivity contribution in [2.75, 3.05) is 6.54 Å². The van der Waals surface area contributed by atoms with Gasteiger partial charge in [0.2, 0.25) is 5.82 Å². The van der Waals surface area contributed by atoms with Crippen LogP contribution in [0.2, 0.25) is 0 Å². The summed E-state index contributed by atoms with van der Waals surface area (Å²) in [4.78, 5) is 26.2. The van der Waals surface area contributed by atoms with Crippen LogP contribution in [0.3, 0.4) is 0 Å². The van der Waals surface area contributed by atoms with Gasteiger partial charge >= 0.3 is 12.1 Å². The Bertz CT molecular complexity index is 1580. The maximum absolute atomic E-state index is 14.6. The molecule has 0 fully saturated rings. The van der Waals surface area contributed by atoms with E-state index >= 15 is 0 Å². The van der Waals surface area contributed by atoms with Crippen molar-refractivity contribution in [3.8, 4) is 0 Å². The Morgan fingerprint density at radius 2 is 1.73 bits per heavy atom. The molecule has 1 N–H and O–H groups in total. The number of halogens is 6. The van der Waals surface area contributed by atoms with Crippen molar-refractivity contribution in [2.24, 2.45) is 0 Å². The monoisotopic (exact) mass is 522 g/mol. The fraction of sp³-hybridized carbons (Fsp3) is 0.261. The maximum Gasteiger partial charge on any atom is 0.461 e. The standard InChI is InChI=1S/C23H16F6N6O2/c24-16-6-5-12(10-17-13-3-1-2-4-14(13)19(36)32-30-17)9-15(16)20(37)34-7-8-35-18(11-34)31-33-21(35)22(25,26)23(27,28)29/h1-6,9H,7-8,10-11H2,(H,32,36). The van der Waals surface area contributed by atoms with E-state index in [1.807, 2.05) is 0 Å². The third kappa shape index (κ3) is 4.21. The van der Waals surface area contributed by atoms with Gasteiger partial charge in [-0.25, -0.2) is 9.49 Å². The molecule has 1 aliphatic heterocycles. The maximum atomic E-state index is 14.6. The Balaban J connectivity index is 1.40. The number of aromatic amines is 1. The average Bonchev–Trinajstić information content (AvgIpc) is 3.30. The Kier molecular flexibility index (Phi) is 5.76. The molecule has 0 radical (unpaired) electrons. The van der Waals surface area contributed by atoms with Crippen molar-refractivity contribution in [1.82, 2.24) is 29.9 Å². The van der Waals surface area contributed by atoms with E-state index in [0.717, 1.165) is 11.0 Å². The highest BCUT2D eigenvalue weighted by atomic mass is 19.4. The van der Waals surface area contributed by atoms with E-state index in [2.05, 4.69) is 20.4 Å². The van der Waals surface area contributed by atoms with Gasteiger partial charge in [0.1, 0.15) is 5.82 Å². The molecule has 0 aliphatic carbocycles. The Hall–Kier alpha value is -4.23. The molecule has 0 saturated heterocycles. The Morgan fingerprint density at radius 1 is 1.00 bits per heavy atom. The van der Waals surface area contributed by atoms with Crippen molar-refractivity contribution in [3.63, 3.8) is 0 Å². The minimum absolute atomic E-state index is 0.155. The van der Waals surface area contributed by atoms with Gasteiger partial charge in [-0.3, -0.25) is 9.59 Å². The van der Waals surface area contributed by atoms with E-state index < -0.39 is 42.7 Å². The van der Waals surface area contributed by atoms with Gasteiger partial charge in [0.05, 0.1) is 23.2 Å². The van der Waals surface area contributed by atoms with Crippen molar-refractivity contribution in [1.29, 1.82) is 0 Å². The van der Waals surface area contributed by atoms with Crippen LogP contribution in [0.4, 0.5) is 26.3 Å². The highest BCUT2D eigenvalue weighted by Gasteiger charge is 2.62. The summed E-state index contributed by atoms with van der Waals surface area (Å²) >= 11 is 0. The second kappa shape index (κ2) is 8.71. The number of fused-ring (bicyclic) bond motifs is 2. The number of nitrogens with one attached hydrogen (secondary N) is 1. The topological polar surface area (TPSA) is 96.8 Å². The molecule has 1 amide bonds. The molecule has 0 saturated carbocycles. The quantitative estimate of drug-likeness (QED) is 0.414. The second-order valence-electron chi connectivity index (χ2n) is 8.43. The number of alkyl halides is 5. The molecule has 1 aliphatic rings. The zero-order valence-corrected chi connectivity index (χ0v) is 18.7. The zero-order valence-electron chi connectivity index (χ0n) is 18.7. The van der Waals surface area contributed by atoms with Crippen LogP contribution in [0.1, 0.15) is 33.3 Å². The fourth-order valence-electron chi connectivity index (χ4n) is 4.21. The third-order valence-electron chi connectivity index (χ3n) is 6.09. The molecule has 0 atom stereocenters. The third-order valence-corrected chi connectivity index (χ3v) is 6.09. The molecule has 37 heavy (non-hydrogen) atoms. The highest BCUT2D eigenvalue weighted by Crippen LogP contribution is 2.43. The molecular formula is C23H16F6N6O2. The number of carbonyl (C=O) groups is 1.